The Morgan fingerprint density at radius 2 is 2.05 bits per heavy atom. The van der Waals surface area contributed by atoms with Gasteiger partial charge in [0.15, 0.2) is 15.0 Å². The third-order valence-electron chi connectivity index (χ3n) is 3.55. The topological polar surface area (TPSA) is 49.7 Å². The molecule has 6 heteroatoms. The van der Waals surface area contributed by atoms with Crippen LogP contribution in [0.25, 0.3) is 0 Å². The molecule has 0 bridgehead atoms. The Morgan fingerprint density at radius 1 is 1.30 bits per heavy atom. The summed E-state index contributed by atoms with van der Waals surface area (Å²) in [7, 11) is -2.88. The quantitative estimate of drug-likeness (QED) is 0.858. The van der Waals surface area contributed by atoms with Crippen LogP contribution in [-0.4, -0.2) is 42.9 Å². The lowest BCUT2D eigenvalue weighted by atomic mass is 10.3. The number of hydrogen-bond acceptors (Lipinski definition) is 5. The van der Waals surface area contributed by atoms with E-state index in [1.807, 2.05) is 18.2 Å². The van der Waals surface area contributed by atoms with Gasteiger partial charge in [-0.2, -0.15) is 0 Å². The Kier molecular flexibility index (Phi) is 3.77. The van der Waals surface area contributed by atoms with Gasteiger partial charge in [0.25, 0.3) is 0 Å². The molecule has 0 aromatic heterocycles. The number of rotatable bonds is 3. The molecule has 1 aromatic rings. The highest BCUT2D eigenvalue weighted by atomic mass is 32.2. The number of benzene rings is 1. The van der Waals surface area contributed by atoms with Crippen molar-refractivity contribution in [3.8, 4) is 0 Å². The van der Waals surface area contributed by atoms with E-state index in [4.69, 9.17) is 0 Å². The van der Waals surface area contributed by atoms with Crippen molar-refractivity contribution < 1.29 is 8.42 Å². The second kappa shape index (κ2) is 5.41. The maximum absolute atomic E-state index is 11.6. The lowest BCUT2D eigenvalue weighted by molar-refractivity contribution is 0.601. The van der Waals surface area contributed by atoms with E-state index in [9.17, 15) is 8.42 Å². The van der Waals surface area contributed by atoms with Gasteiger partial charge in [-0.1, -0.05) is 36.9 Å². The number of fused-ring (bicyclic) bond motifs is 1. The zero-order valence-corrected chi connectivity index (χ0v) is 13.0. The van der Waals surface area contributed by atoms with Crippen LogP contribution in [0.1, 0.15) is 13.3 Å². The van der Waals surface area contributed by atoms with Crippen LogP contribution in [0.3, 0.4) is 0 Å². The fourth-order valence-electron chi connectivity index (χ4n) is 2.64. The molecular weight excluding hydrogens is 292 g/mol. The van der Waals surface area contributed by atoms with Gasteiger partial charge in [0.05, 0.1) is 17.5 Å². The summed E-state index contributed by atoms with van der Waals surface area (Å²) in [6, 6.07) is 10.1. The van der Waals surface area contributed by atoms with Crippen LogP contribution in [0.15, 0.2) is 35.3 Å². The highest BCUT2D eigenvalue weighted by Gasteiger charge is 2.43. The van der Waals surface area contributed by atoms with E-state index >= 15 is 0 Å². The number of amidine groups is 1. The van der Waals surface area contributed by atoms with E-state index in [-0.39, 0.29) is 22.8 Å². The third-order valence-corrected chi connectivity index (χ3v) is 6.80. The van der Waals surface area contributed by atoms with Gasteiger partial charge in [-0.05, 0) is 18.6 Å². The maximum atomic E-state index is 11.6. The molecule has 0 unspecified atom stereocenters. The minimum Gasteiger partial charge on any atom is -0.321 e. The molecule has 0 spiro atoms. The largest absolute Gasteiger partial charge is 0.321 e. The van der Waals surface area contributed by atoms with E-state index in [1.165, 1.54) is 0 Å². The molecule has 20 heavy (non-hydrogen) atoms. The smallest absolute Gasteiger partial charge is 0.164 e. The molecule has 1 aromatic carbocycles. The molecule has 1 fully saturated rings. The monoisotopic (exact) mass is 310 g/mol. The molecule has 108 valence electrons. The summed E-state index contributed by atoms with van der Waals surface area (Å²) in [4.78, 5) is 6.87. The Hall–Kier alpha value is -1.01. The minimum absolute atomic E-state index is 0.0527. The van der Waals surface area contributed by atoms with E-state index in [1.54, 1.807) is 11.8 Å². The summed E-state index contributed by atoms with van der Waals surface area (Å²) in [6.07, 6.45) is 1.03. The van der Waals surface area contributed by atoms with Crippen LogP contribution < -0.4 is 4.90 Å². The number of nitrogens with zero attached hydrogens (tertiary/aromatic N) is 2. The van der Waals surface area contributed by atoms with Crippen molar-refractivity contribution in [2.75, 3.05) is 23.0 Å². The number of anilines is 1. The standard InChI is InChI=1S/C14H18N2O2S2/c1-2-8-16(11-6-4-3-5-7-11)14-15-12-9-20(17,18)10-13(12)19-14/h3-7,12-13H,2,8-10H2,1H3/t12-,13+/m0/s1. The van der Waals surface area contributed by atoms with Gasteiger partial charge >= 0.3 is 0 Å². The first kappa shape index (κ1) is 13.9. The van der Waals surface area contributed by atoms with Crippen LogP contribution >= 0.6 is 11.8 Å². The molecule has 0 aliphatic carbocycles. The molecule has 1 saturated heterocycles. The van der Waals surface area contributed by atoms with Gasteiger partial charge in [0.2, 0.25) is 0 Å². The lowest BCUT2D eigenvalue weighted by Gasteiger charge is -2.23. The highest BCUT2D eigenvalue weighted by molar-refractivity contribution is 8.15. The number of para-hydroxylation sites is 1. The molecule has 3 rings (SSSR count). The van der Waals surface area contributed by atoms with Crippen molar-refractivity contribution in [1.82, 2.24) is 0 Å². The Bertz CT molecular complexity index is 613. The van der Waals surface area contributed by atoms with E-state index in [0.29, 0.717) is 0 Å². The minimum atomic E-state index is -2.88. The van der Waals surface area contributed by atoms with E-state index < -0.39 is 9.84 Å². The third kappa shape index (κ3) is 2.72. The van der Waals surface area contributed by atoms with Crippen molar-refractivity contribution in [1.29, 1.82) is 0 Å². The number of sulfone groups is 1. The molecule has 0 N–H and O–H groups in total. The molecular formula is C14H18N2O2S2. The highest BCUT2D eigenvalue weighted by Crippen LogP contribution is 2.36. The molecule has 0 saturated carbocycles. The van der Waals surface area contributed by atoms with Crippen LogP contribution in [0, 0.1) is 0 Å². The molecule has 2 aliphatic rings. The Balaban J connectivity index is 1.84. The number of thioether (sulfide) groups is 1. The zero-order valence-electron chi connectivity index (χ0n) is 11.4. The molecule has 0 amide bonds. The molecule has 2 atom stereocenters. The average molecular weight is 310 g/mol. The first-order valence-corrected chi connectivity index (χ1v) is 9.56. The summed E-state index contributed by atoms with van der Waals surface area (Å²) < 4.78 is 23.2. The summed E-state index contributed by atoms with van der Waals surface area (Å²) in [5.74, 6) is 0.479. The first-order chi connectivity index (χ1) is 9.59. The fourth-order valence-corrected chi connectivity index (χ4v) is 6.44. The van der Waals surface area contributed by atoms with Gasteiger partial charge < -0.3 is 4.90 Å². The van der Waals surface area contributed by atoms with Crippen molar-refractivity contribution in [3.63, 3.8) is 0 Å². The second-order valence-corrected chi connectivity index (χ2v) is 8.56. The van der Waals surface area contributed by atoms with Crippen molar-refractivity contribution >= 4 is 32.5 Å². The summed E-state index contributed by atoms with van der Waals surface area (Å²) in [6.45, 7) is 3.05. The van der Waals surface area contributed by atoms with Crippen molar-refractivity contribution in [3.05, 3.63) is 30.3 Å². The Labute approximate surface area is 124 Å². The molecule has 4 nitrogen and oxygen atoms in total. The lowest BCUT2D eigenvalue weighted by Crippen LogP contribution is -2.29. The van der Waals surface area contributed by atoms with Gasteiger partial charge in [-0.3, -0.25) is 4.99 Å². The molecule has 0 radical (unpaired) electrons. The summed E-state index contributed by atoms with van der Waals surface area (Å²) >= 11 is 1.62. The second-order valence-electron chi connectivity index (χ2n) is 5.20. The van der Waals surface area contributed by atoms with Gasteiger partial charge in [0, 0.05) is 17.5 Å². The number of aliphatic imine (C=N–C) groups is 1. The average Bonchev–Trinajstić information content (AvgIpc) is 2.90. The summed E-state index contributed by atoms with van der Waals surface area (Å²) in [5.41, 5.74) is 1.13. The van der Waals surface area contributed by atoms with Crippen LogP contribution in [0.4, 0.5) is 5.69 Å². The SMILES string of the molecule is CCCN(C1=N[C@H]2CS(=O)(=O)C[C@H]2S1)c1ccccc1. The van der Waals surface area contributed by atoms with Gasteiger partial charge in [0.1, 0.15) is 0 Å². The van der Waals surface area contributed by atoms with Crippen molar-refractivity contribution in [2.45, 2.75) is 24.6 Å². The van der Waals surface area contributed by atoms with Gasteiger partial charge in [-0.25, -0.2) is 8.42 Å². The normalized spacial score (nSPS) is 27.1. The van der Waals surface area contributed by atoms with E-state index in [0.717, 1.165) is 23.8 Å². The fraction of sp³-hybridized carbons (Fsp3) is 0.500. The van der Waals surface area contributed by atoms with Crippen molar-refractivity contribution in [2.24, 2.45) is 4.99 Å². The van der Waals surface area contributed by atoms with Crippen LogP contribution in [0.2, 0.25) is 0 Å². The Morgan fingerprint density at radius 3 is 2.70 bits per heavy atom. The maximum Gasteiger partial charge on any atom is 0.164 e. The summed E-state index contributed by atoms with van der Waals surface area (Å²) in [5, 5.41) is 1.08. The first-order valence-electron chi connectivity index (χ1n) is 6.86. The molecule has 2 aliphatic heterocycles. The zero-order chi connectivity index (χ0) is 14.2. The number of hydrogen-bond donors (Lipinski definition) is 0. The van der Waals surface area contributed by atoms with Crippen LogP contribution in [0.5, 0.6) is 0 Å². The van der Waals surface area contributed by atoms with Gasteiger partial charge in [-0.15, -0.1) is 0 Å². The van der Waals surface area contributed by atoms with Crippen LogP contribution in [-0.2, 0) is 9.84 Å². The molecule has 2 heterocycles. The predicted molar refractivity (Wildman–Crippen MR) is 85.3 cm³/mol. The predicted octanol–water partition coefficient (Wildman–Crippen LogP) is 2.17. The van der Waals surface area contributed by atoms with E-state index in [2.05, 4.69) is 28.9 Å².